The van der Waals surface area contributed by atoms with Gasteiger partial charge in [-0.05, 0) is 38.5 Å². The van der Waals surface area contributed by atoms with Gasteiger partial charge in [0, 0.05) is 18.5 Å². The lowest BCUT2D eigenvalue weighted by molar-refractivity contribution is -0.139. The standard InChI is InChI=1S/C16H20F3NO/c1-5-6-9-21-14-8-7-12(11-20-15(2,3)4)10-13(14)16(17,18)19/h1,7-8,10,20H,6,9,11H2,2-4H3. The predicted molar refractivity (Wildman–Crippen MR) is 77.0 cm³/mol. The number of terminal acetylenes is 1. The first-order valence-electron chi connectivity index (χ1n) is 6.65. The molecule has 0 bridgehead atoms. The molecule has 0 aliphatic rings. The monoisotopic (exact) mass is 299 g/mol. The second-order valence-corrected chi connectivity index (χ2v) is 5.73. The molecule has 0 amide bonds. The first-order valence-corrected chi connectivity index (χ1v) is 6.65. The fourth-order valence-corrected chi connectivity index (χ4v) is 1.62. The van der Waals surface area contributed by atoms with E-state index in [2.05, 4.69) is 11.2 Å². The van der Waals surface area contributed by atoms with Crippen molar-refractivity contribution in [1.29, 1.82) is 0 Å². The number of hydrogen-bond acceptors (Lipinski definition) is 2. The molecule has 1 rings (SSSR count). The van der Waals surface area contributed by atoms with Crippen LogP contribution in [0.25, 0.3) is 0 Å². The highest BCUT2D eigenvalue weighted by atomic mass is 19.4. The van der Waals surface area contributed by atoms with Gasteiger partial charge >= 0.3 is 6.18 Å². The highest BCUT2D eigenvalue weighted by Gasteiger charge is 2.34. The van der Waals surface area contributed by atoms with E-state index in [-0.39, 0.29) is 24.3 Å². The molecule has 0 radical (unpaired) electrons. The van der Waals surface area contributed by atoms with Crippen molar-refractivity contribution >= 4 is 0 Å². The van der Waals surface area contributed by atoms with Gasteiger partial charge in [0.05, 0.1) is 12.2 Å². The molecule has 0 unspecified atom stereocenters. The number of benzene rings is 1. The third kappa shape index (κ3) is 6.09. The van der Waals surface area contributed by atoms with E-state index in [1.807, 2.05) is 20.8 Å². The molecule has 0 aliphatic carbocycles. The van der Waals surface area contributed by atoms with Crippen LogP contribution in [0.4, 0.5) is 13.2 Å². The van der Waals surface area contributed by atoms with Crippen LogP contribution in [0.3, 0.4) is 0 Å². The van der Waals surface area contributed by atoms with Crippen LogP contribution in [0.5, 0.6) is 5.75 Å². The molecule has 5 heteroatoms. The van der Waals surface area contributed by atoms with Crippen molar-refractivity contribution in [3.05, 3.63) is 29.3 Å². The van der Waals surface area contributed by atoms with Gasteiger partial charge < -0.3 is 10.1 Å². The fourth-order valence-electron chi connectivity index (χ4n) is 1.62. The summed E-state index contributed by atoms with van der Waals surface area (Å²) in [5.41, 5.74) is -0.380. The average Bonchev–Trinajstić information content (AvgIpc) is 2.35. The minimum atomic E-state index is -4.46. The number of ether oxygens (including phenoxy) is 1. The van der Waals surface area contributed by atoms with Gasteiger partial charge in [0.15, 0.2) is 0 Å². The summed E-state index contributed by atoms with van der Waals surface area (Å²) < 4.78 is 44.3. The maximum Gasteiger partial charge on any atom is 0.419 e. The van der Waals surface area contributed by atoms with Gasteiger partial charge in [-0.2, -0.15) is 13.2 Å². The Morgan fingerprint density at radius 2 is 1.90 bits per heavy atom. The molecule has 21 heavy (non-hydrogen) atoms. The Kier molecular flexibility index (Phi) is 5.68. The molecule has 0 saturated heterocycles. The first-order chi connectivity index (χ1) is 9.63. The van der Waals surface area contributed by atoms with E-state index < -0.39 is 11.7 Å². The zero-order valence-corrected chi connectivity index (χ0v) is 12.5. The van der Waals surface area contributed by atoms with Crippen LogP contribution < -0.4 is 10.1 Å². The zero-order valence-electron chi connectivity index (χ0n) is 12.5. The molecule has 0 aromatic heterocycles. The van der Waals surface area contributed by atoms with Crippen molar-refractivity contribution in [2.75, 3.05) is 6.61 Å². The minimum absolute atomic E-state index is 0.0686. The highest BCUT2D eigenvalue weighted by molar-refractivity contribution is 5.39. The molecule has 0 aliphatic heterocycles. The Balaban J connectivity index is 2.94. The topological polar surface area (TPSA) is 21.3 Å². The van der Waals surface area contributed by atoms with Crippen LogP contribution in [-0.2, 0) is 12.7 Å². The molecule has 1 aromatic rings. The molecule has 1 N–H and O–H groups in total. The number of alkyl halides is 3. The van der Waals surface area contributed by atoms with Crippen LogP contribution in [0.15, 0.2) is 18.2 Å². The van der Waals surface area contributed by atoms with Crippen molar-refractivity contribution in [1.82, 2.24) is 5.32 Å². The van der Waals surface area contributed by atoms with Crippen molar-refractivity contribution in [2.45, 2.75) is 45.5 Å². The van der Waals surface area contributed by atoms with Crippen LogP contribution in [0, 0.1) is 12.3 Å². The molecule has 0 fully saturated rings. The summed E-state index contributed by atoms with van der Waals surface area (Å²) in [5.74, 6) is 2.15. The minimum Gasteiger partial charge on any atom is -0.492 e. The van der Waals surface area contributed by atoms with Gasteiger partial charge in [0.25, 0.3) is 0 Å². The summed E-state index contributed by atoms with van der Waals surface area (Å²) in [6, 6.07) is 4.09. The van der Waals surface area contributed by atoms with Crippen molar-refractivity contribution < 1.29 is 17.9 Å². The first kappa shape index (κ1) is 17.4. The third-order valence-corrected chi connectivity index (χ3v) is 2.68. The summed E-state index contributed by atoms with van der Waals surface area (Å²) in [4.78, 5) is 0. The maximum absolute atomic E-state index is 13.1. The van der Waals surface area contributed by atoms with Crippen molar-refractivity contribution in [2.24, 2.45) is 0 Å². The Labute approximate surface area is 123 Å². The van der Waals surface area contributed by atoms with E-state index in [1.54, 1.807) is 6.07 Å². The smallest absolute Gasteiger partial charge is 0.419 e. The van der Waals surface area contributed by atoms with Gasteiger partial charge in [0.1, 0.15) is 5.75 Å². The number of hydrogen-bond donors (Lipinski definition) is 1. The normalized spacial score (nSPS) is 12.0. The Bertz CT molecular complexity index is 510. The van der Waals surface area contributed by atoms with E-state index >= 15 is 0 Å². The molecule has 0 saturated carbocycles. The maximum atomic E-state index is 13.1. The molecule has 116 valence electrons. The molecular weight excluding hydrogens is 279 g/mol. The van der Waals surface area contributed by atoms with Gasteiger partial charge in [0.2, 0.25) is 0 Å². The lowest BCUT2D eigenvalue weighted by Gasteiger charge is -2.21. The average molecular weight is 299 g/mol. The quantitative estimate of drug-likeness (QED) is 0.655. The van der Waals surface area contributed by atoms with E-state index in [0.717, 1.165) is 6.07 Å². The number of nitrogens with one attached hydrogen (secondary N) is 1. The summed E-state index contributed by atoms with van der Waals surface area (Å²) in [5, 5.41) is 3.15. The van der Waals surface area contributed by atoms with E-state index in [4.69, 9.17) is 11.2 Å². The summed E-state index contributed by atoms with van der Waals surface area (Å²) in [6.07, 6.45) is 0.874. The predicted octanol–water partition coefficient (Wildman–Crippen LogP) is 4.00. The molecule has 0 atom stereocenters. The molecule has 2 nitrogen and oxygen atoms in total. The summed E-state index contributed by atoms with van der Waals surface area (Å²) >= 11 is 0. The van der Waals surface area contributed by atoms with E-state index in [1.165, 1.54) is 6.07 Å². The van der Waals surface area contributed by atoms with E-state index in [0.29, 0.717) is 12.1 Å². The largest absolute Gasteiger partial charge is 0.492 e. The summed E-state index contributed by atoms with van der Waals surface area (Å²) in [7, 11) is 0. The number of rotatable bonds is 5. The molecular formula is C16H20F3NO. The van der Waals surface area contributed by atoms with Gasteiger partial charge in [-0.15, -0.1) is 12.3 Å². The lowest BCUT2D eigenvalue weighted by Crippen LogP contribution is -2.35. The SMILES string of the molecule is C#CCCOc1ccc(CNC(C)(C)C)cc1C(F)(F)F. The Morgan fingerprint density at radius 3 is 2.43 bits per heavy atom. The molecule has 1 aromatic carbocycles. The highest BCUT2D eigenvalue weighted by Crippen LogP contribution is 2.37. The van der Waals surface area contributed by atoms with E-state index in [9.17, 15) is 13.2 Å². The zero-order chi connectivity index (χ0) is 16.1. The summed E-state index contributed by atoms with van der Waals surface area (Å²) in [6.45, 7) is 6.29. The molecule has 0 spiro atoms. The van der Waals surface area contributed by atoms with Gasteiger partial charge in [-0.3, -0.25) is 0 Å². The van der Waals surface area contributed by atoms with Crippen LogP contribution in [0.1, 0.15) is 38.3 Å². The third-order valence-electron chi connectivity index (χ3n) is 2.68. The second-order valence-electron chi connectivity index (χ2n) is 5.73. The fraction of sp³-hybridized carbons (Fsp3) is 0.500. The van der Waals surface area contributed by atoms with Crippen LogP contribution in [-0.4, -0.2) is 12.1 Å². The van der Waals surface area contributed by atoms with Crippen molar-refractivity contribution in [3.63, 3.8) is 0 Å². The van der Waals surface area contributed by atoms with Gasteiger partial charge in [-0.25, -0.2) is 0 Å². The lowest BCUT2D eigenvalue weighted by atomic mass is 10.1. The Hall–Kier alpha value is -1.67. The Morgan fingerprint density at radius 1 is 1.24 bits per heavy atom. The molecule has 0 heterocycles. The van der Waals surface area contributed by atoms with Crippen LogP contribution in [0.2, 0.25) is 0 Å². The van der Waals surface area contributed by atoms with Crippen LogP contribution >= 0.6 is 0 Å². The second kappa shape index (κ2) is 6.86. The van der Waals surface area contributed by atoms with Gasteiger partial charge in [-0.1, -0.05) is 6.07 Å². The van der Waals surface area contributed by atoms with Crippen molar-refractivity contribution in [3.8, 4) is 18.1 Å². The number of halogens is 3.